The minimum Gasteiger partial charge on any atom is -0.450 e. The SMILES string of the molecule is CC1=C(C(=O)N2CCc3ccc(C(F)(F)F)cc3C2)C2(CCNCC2)OC1=O. The second-order valence-electron chi connectivity index (χ2n) is 7.59. The van der Waals surface area contributed by atoms with Gasteiger partial charge < -0.3 is 15.0 Å². The number of benzene rings is 1. The normalized spacial score (nSPS) is 21.7. The minimum atomic E-state index is -4.43. The van der Waals surface area contributed by atoms with Crippen molar-refractivity contribution < 1.29 is 27.5 Å². The van der Waals surface area contributed by atoms with E-state index in [2.05, 4.69) is 5.32 Å². The number of nitrogens with zero attached hydrogens (tertiary/aromatic N) is 1. The van der Waals surface area contributed by atoms with Gasteiger partial charge in [0.15, 0.2) is 0 Å². The molecule has 0 unspecified atom stereocenters. The molecule has 28 heavy (non-hydrogen) atoms. The molecule has 5 nitrogen and oxygen atoms in total. The summed E-state index contributed by atoms with van der Waals surface area (Å²) >= 11 is 0. The first kappa shape index (κ1) is 19.0. The summed E-state index contributed by atoms with van der Waals surface area (Å²) in [5, 5.41) is 3.19. The molecule has 1 aromatic carbocycles. The third-order valence-electron chi connectivity index (χ3n) is 5.88. The predicted octanol–water partition coefficient (Wildman–Crippen LogP) is 2.59. The zero-order valence-corrected chi connectivity index (χ0v) is 15.5. The molecule has 0 atom stereocenters. The molecule has 1 spiro atoms. The number of fused-ring (bicyclic) bond motifs is 1. The van der Waals surface area contributed by atoms with E-state index in [0.717, 1.165) is 17.7 Å². The van der Waals surface area contributed by atoms with Crippen LogP contribution in [0.15, 0.2) is 29.3 Å². The number of hydrogen-bond donors (Lipinski definition) is 1. The van der Waals surface area contributed by atoms with Crippen molar-refractivity contribution in [3.63, 3.8) is 0 Å². The van der Waals surface area contributed by atoms with Crippen molar-refractivity contribution in [1.82, 2.24) is 10.2 Å². The first-order chi connectivity index (χ1) is 13.2. The molecule has 3 aliphatic rings. The van der Waals surface area contributed by atoms with E-state index in [4.69, 9.17) is 4.74 Å². The van der Waals surface area contributed by atoms with E-state index in [-0.39, 0.29) is 12.5 Å². The van der Waals surface area contributed by atoms with Gasteiger partial charge in [-0.05, 0) is 49.7 Å². The van der Waals surface area contributed by atoms with Gasteiger partial charge in [0.25, 0.3) is 5.91 Å². The number of carbonyl (C=O) groups excluding carboxylic acids is 2. The van der Waals surface area contributed by atoms with Crippen LogP contribution in [-0.2, 0) is 33.5 Å². The van der Waals surface area contributed by atoms with Gasteiger partial charge in [0.1, 0.15) is 5.60 Å². The number of alkyl halides is 3. The summed E-state index contributed by atoms with van der Waals surface area (Å²) in [6.07, 6.45) is -2.92. The fraction of sp³-hybridized carbons (Fsp3) is 0.500. The summed E-state index contributed by atoms with van der Waals surface area (Å²) in [6.45, 7) is 3.35. The summed E-state index contributed by atoms with van der Waals surface area (Å²) in [4.78, 5) is 27.1. The molecule has 1 amide bonds. The van der Waals surface area contributed by atoms with Crippen molar-refractivity contribution in [2.45, 2.75) is 44.5 Å². The Balaban J connectivity index is 1.63. The molecule has 3 heterocycles. The average Bonchev–Trinajstić information content (AvgIpc) is 2.89. The summed E-state index contributed by atoms with van der Waals surface area (Å²) in [6, 6.07) is 3.68. The number of halogens is 3. The van der Waals surface area contributed by atoms with E-state index in [1.165, 1.54) is 11.0 Å². The number of esters is 1. The number of carbonyl (C=O) groups is 2. The molecule has 1 fully saturated rings. The van der Waals surface area contributed by atoms with Crippen LogP contribution in [0.3, 0.4) is 0 Å². The largest absolute Gasteiger partial charge is 0.450 e. The summed E-state index contributed by atoms with van der Waals surface area (Å²) in [7, 11) is 0. The van der Waals surface area contributed by atoms with Crippen LogP contribution in [0.25, 0.3) is 0 Å². The molecule has 8 heteroatoms. The first-order valence-corrected chi connectivity index (χ1v) is 9.35. The van der Waals surface area contributed by atoms with Gasteiger partial charge in [-0.15, -0.1) is 0 Å². The number of amides is 1. The van der Waals surface area contributed by atoms with E-state index in [0.29, 0.717) is 55.6 Å². The smallest absolute Gasteiger partial charge is 0.416 e. The molecule has 0 aliphatic carbocycles. The summed E-state index contributed by atoms with van der Waals surface area (Å²) < 4.78 is 44.7. The van der Waals surface area contributed by atoms with Crippen molar-refractivity contribution in [2.24, 2.45) is 0 Å². The summed E-state index contributed by atoms with van der Waals surface area (Å²) in [5.74, 6) is -0.796. The van der Waals surface area contributed by atoms with Gasteiger partial charge >= 0.3 is 12.1 Å². The predicted molar refractivity (Wildman–Crippen MR) is 94.2 cm³/mol. The van der Waals surface area contributed by atoms with Gasteiger partial charge in [0, 0.05) is 31.5 Å². The molecule has 0 radical (unpaired) electrons. The molecule has 0 bridgehead atoms. The standard InChI is InChI=1S/C20H21F3N2O3/c1-12-16(19(28-18(12)27)5-7-24-8-6-19)17(26)25-9-4-13-2-3-15(20(21,22)23)10-14(13)11-25/h2-3,10,24H,4-9,11H2,1H3. The van der Waals surface area contributed by atoms with Gasteiger partial charge in [-0.3, -0.25) is 4.79 Å². The number of rotatable bonds is 1. The fourth-order valence-corrected chi connectivity index (χ4v) is 4.35. The second-order valence-corrected chi connectivity index (χ2v) is 7.59. The maximum absolute atomic E-state index is 13.3. The molecule has 4 rings (SSSR count). The lowest BCUT2D eigenvalue weighted by molar-refractivity contribution is -0.149. The van der Waals surface area contributed by atoms with Gasteiger partial charge in [-0.1, -0.05) is 6.07 Å². The maximum Gasteiger partial charge on any atom is 0.416 e. The highest BCUT2D eigenvalue weighted by molar-refractivity contribution is 6.07. The van der Waals surface area contributed by atoms with E-state index in [9.17, 15) is 22.8 Å². The number of piperidine rings is 1. The Hall–Kier alpha value is -2.35. The molecule has 1 saturated heterocycles. The van der Waals surface area contributed by atoms with Gasteiger partial charge in [0.05, 0.1) is 11.1 Å². The van der Waals surface area contributed by atoms with Crippen LogP contribution >= 0.6 is 0 Å². The van der Waals surface area contributed by atoms with Crippen LogP contribution in [0.4, 0.5) is 13.2 Å². The fourth-order valence-electron chi connectivity index (χ4n) is 4.35. The van der Waals surface area contributed by atoms with Crippen molar-refractivity contribution in [2.75, 3.05) is 19.6 Å². The molecular formula is C20H21F3N2O3. The second kappa shape index (κ2) is 6.62. The highest BCUT2D eigenvalue weighted by atomic mass is 19.4. The van der Waals surface area contributed by atoms with Gasteiger partial charge in [0.2, 0.25) is 0 Å². The van der Waals surface area contributed by atoms with E-state index < -0.39 is 23.3 Å². The lowest BCUT2D eigenvalue weighted by Gasteiger charge is -2.37. The topological polar surface area (TPSA) is 58.6 Å². The third-order valence-corrected chi connectivity index (χ3v) is 5.88. The van der Waals surface area contributed by atoms with E-state index >= 15 is 0 Å². The Bertz CT molecular complexity index is 870. The quantitative estimate of drug-likeness (QED) is 0.744. The van der Waals surface area contributed by atoms with Crippen LogP contribution in [0.1, 0.15) is 36.5 Å². The zero-order valence-electron chi connectivity index (χ0n) is 15.5. The molecule has 1 aromatic rings. The highest BCUT2D eigenvalue weighted by Crippen LogP contribution is 2.41. The van der Waals surface area contributed by atoms with Gasteiger partial charge in [-0.2, -0.15) is 13.2 Å². The monoisotopic (exact) mass is 394 g/mol. The number of hydrogen-bond acceptors (Lipinski definition) is 4. The van der Waals surface area contributed by atoms with Crippen LogP contribution in [0, 0.1) is 0 Å². The van der Waals surface area contributed by atoms with Crippen molar-refractivity contribution >= 4 is 11.9 Å². The average molecular weight is 394 g/mol. The van der Waals surface area contributed by atoms with E-state index in [1.807, 2.05) is 0 Å². The van der Waals surface area contributed by atoms with Crippen molar-refractivity contribution in [3.05, 3.63) is 46.0 Å². The molecular weight excluding hydrogens is 373 g/mol. The lowest BCUT2D eigenvalue weighted by atomic mass is 9.82. The van der Waals surface area contributed by atoms with E-state index in [1.54, 1.807) is 6.92 Å². The Morgan fingerprint density at radius 3 is 2.61 bits per heavy atom. The molecule has 1 N–H and O–H groups in total. The van der Waals surface area contributed by atoms with Crippen LogP contribution in [0.2, 0.25) is 0 Å². The highest BCUT2D eigenvalue weighted by Gasteiger charge is 2.50. The Labute approximate surface area is 160 Å². The zero-order chi connectivity index (χ0) is 20.1. The van der Waals surface area contributed by atoms with Crippen molar-refractivity contribution in [1.29, 1.82) is 0 Å². The van der Waals surface area contributed by atoms with Gasteiger partial charge in [-0.25, -0.2) is 4.79 Å². The lowest BCUT2D eigenvalue weighted by Crippen LogP contribution is -2.48. The first-order valence-electron chi connectivity index (χ1n) is 9.35. The third kappa shape index (κ3) is 3.09. The molecule has 3 aliphatic heterocycles. The van der Waals surface area contributed by atoms with Crippen LogP contribution in [0.5, 0.6) is 0 Å². The Kier molecular flexibility index (Phi) is 4.49. The number of nitrogens with one attached hydrogen (secondary N) is 1. The molecule has 0 aromatic heterocycles. The maximum atomic E-state index is 13.3. The Morgan fingerprint density at radius 2 is 1.93 bits per heavy atom. The summed E-state index contributed by atoms with van der Waals surface area (Å²) in [5.41, 5.74) is 0.356. The van der Waals surface area contributed by atoms with Crippen LogP contribution in [-0.4, -0.2) is 42.0 Å². The minimum absolute atomic E-state index is 0.0946. The molecule has 150 valence electrons. The molecule has 0 saturated carbocycles. The van der Waals surface area contributed by atoms with Crippen molar-refractivity contribution in [3.8, 4) is 0 Å². The number of ether oxygens (including phenoxy) is 1. The Morgan fingerprint density at radius 1 is 1.21 bits per heavy atom. The van der Waals surface area contributed by atoms with Crippen LogP contribution < -0.4 is 5.32 Å².